The Morgan fingerprint density at radius 3 is 2.82 bits per heavy atom. The van der Waals surface area contributed by atoms with Gasteiger partial charge in [-0.3, -0.25) is 4.79 Å². The summed E-state index contributed by atoms with van der Waals surface area (Å²) in [6.45, 7) is 2.79. The Hall–Kier alpha value is -1.35. The van der Waals surface area contributed by atoms with Crippen molar-refractivity contribution in [2.75, 3.05) is 6.61 Å². The van der Waals surface area contributed by atoms with Gasteiger partial charge in [0.2, 0.25) is 5.91 Å². The number of carbonyl (C=O) groups is 1. The summed E-state index contributed by atoms with van der Waals surface area (Å²) >= 11 is 0. The van der Waals surface area contributed by atoms with Gasteiger partial charge in [-0.1, -0.05) is 37.3 Å². The van der Waals surface area contributed by atoms with Crippen LogP contribution < -0.4 is 0 Å². The van der Waals surface area contributed by atoms with E-state index in [9.17, 15) is 4.79 Å². The Balaban J connectivity index is 1.91. The topological polar surface area (TPSA) is 29.5 Å². The number of nitrogens with zero attached hydrogens (tertiary/aromatic N) is 1. The molecule has 2 heterocycles. The van der Waals surface area contributed by atoms with E-state index in [1.807, 2.05) is 23.1 Å². The molecule has 2 aliphatic heterocycles. The van der Waals surface area contributed by atoms with Crippen LogP contribution in [0.2, 0.25) is 0 Å². The molecule has 3 rings (SSSR count). The standard InChI is InChI=1S/C14H17NO2/c1-10-7-8-13(16)15-12(9-17-14(10)15)11-5-3-2-4-6-11/h2-6,10,12,14H,7-9H2,1H3/t10-,12-,14+/m0/s1. The van der Waals surface area contributed by atoms with E-state index in [4.69, 9.17) is 4.74 Å². The van der Waals surface area contributed by atoms with E-state index < -0.39 is 0 Å². The molecule has 1 aromatic rings. The van der Waals surface area contributed by atoms with Gasteiger partial charge in [0.25, 0.3) is 0 Å². The largest absolute Gasteiger partial charge is 0.355 e. The van der Waals surface area contributed by atoms with Gasteiger partial charge < -0.3 is 9.64 Å². The molecule has 0 aliphatic carbocycles. The number of carbonyl (C=O) groups excluding carboxylic acids is 1. The molecule has 2 aliphatic rings. The molecule has 90 valence electrons. The number of rotatable bonds is 1. The highest BCUT2D eigenvalue weighted by atomic mass is 16.5. The highest BCUT2D eigenvalue weighted by molar-refractivity contribution is 5.78. The van der Waals surface area contributed by atoms with Gasteiger partial charge in [-0.25, -0.2) is 0 Å². The molecule has 2 saturated heterocycles. The summed E-state index contributed by atoms with van der Waals surface area (Å²) in [6.07, 6.45) is 1.59. The van der Waals surface area contributed by atoms with E-state index in [0.29, 0.717) is 18.9 Å². The fourth-order valence-electron chi connectivity index (χ4n) is 2.84. The van der Waals surface area contributed by atoms with Crippen molar-refractivity contribution in [1.29, 1.82) is 0 Å². The molecule has 0 radical (unpaired) electrons. The van der Waals surface area contributed by atoms with Crippen LogP contribution in [0.25, 0.3) is 0 Å². The molecule has 0 aromatic heterocycles. The predicted molar refractivity (Wildman–Crippen MR) is 64.2 cm³/mol. The third kappa shape index (κ3) is 1.75. The molecule has 0 spiro atoms. The van der Waals surface area contributed by atoms with Crippen LogP contribution in [0.5, 0.6) is 0 Å². The number of ether oxygens (including phenoxy) is 1. The Morgan fingerprint density at radius 1 is 1.29 bits per heavy atom. The number of amides is 1. The van der Waals surface area contributed by atoms with Crippen molar-refractivity contribution in [2.24, 2.45) is 5.92 Å². The maximum atomic E-state index is 12.1. The summed E-state index contributed by atoms with van der Waals surface area (Å²) in [5.74, 6) is 0.681. The van der Waals surface area contributed by atoms with Crippen molar-refractivity contribution in [3.63, 3.8) is 0 Å². The number of hydrogen-bond donors (Lipinski definition) is 0. The molecule has 0 N–H and O–H groups in total. The second-order valence-electron chi connectivity index (χ2n) is 4.97. The highest BCUT2D eigenvalue weighted by Crippen LogP contribution is 2.38. The zero-order chi connectivity index (χ0) is 11.8. The molecular weight excluding hydrogens is 214 g/mol. The van der Waals surface area contributed by atoms with Crippen molar-refractivity contribution in [3.05, 3.63) is 35.9 Å². The third-order valence-electron chi connectivity index (χ3n) is 3.81. The minimum Gasteiger partial charge on any atom is -0.355 e. The van der Waals surface area contributed by atoms with E-state index in [1.165, 1.54) is 5.56 Å². The summed E-state index contributed by atoms with van der Waals surface area (Å²) in [6, 6.07) is 10.3. The first-order chi connectivity index (χ1) is 8.27. The van der Waals surface area contributed by atoms with Crippen LogP contribution >= 0.6 is 0 Å². The molecule has 3 heteroatoms. The van der Waals surface area contributed by atoms with Gasteiger partial charge in [0.1, 0.15) is 6.23 Å². The van der Waals surface area contributed by atoms with E-state index in [-0.39, 0.29) is 18.2 Å². The maximum absolute atomic E-state index is 12.1. The predicted octanol–water partition coefficient (Wildman–Crippen LogP) is 2.34. The fourth-order valence-corrected chi connectivity index (χ4v) is 2.84. The van der Waals surface area contributed by atoms with E-state index in [1.54, 1.807) is 0 Å². The van der Waals surface area contributed by atoms with Gasteiger partial charge in [-0.2, -0.15) is 0 Å². The third-order valence-corrected chi connectivity index (χ3v) is 3.81. The molecule has 3 atom stereocenters. The van der Waals surface area contributed by atoms with Crippen molar-refractivity contribution < 1.29 is 9.53 Å². The molecule has 2 fully saturated rings. The first-order valence-electron chi connectivity index (χ1n) is 6.25. The van der Waals surface area contributed by atoms with Gasteiger partial charge in [-0.15, -0.1) is 0 Å². The molecule has 0 unspecified atom stereocenters. The average Bonchev–Trinajstić information content (AvgIpc) is 2.81. The van der Waals surface area contributed by atoms with Crippen LogP contribution in [0.4, 0.5) is 0 Å². The molecule has 1 aromatic carbocycles. The molecule has 1 amide bonds. The van der Waals surface area contributed by atoms with E-state index >= 15 is 0 Å². The Labute approximate surface area is 101 Å². The SMILES string of the molecule is C[C@H]1CCC(=O)N2[C@@H]1OC[C@H]2c1ccccc1. The molecule has 3 nitrogen and oxygen atoms in total. The van der Waals surface area contributed by atoms with Crippen LogP contribution in [0.1, 0.15) is 31.4 Å². The normalized spacial score (nSPS) is 32.6. The second-order valence-corrected chi connectivity index (χ2v) is 4.97. The first-order valence-corrected chi connectivity index (χ1v) is 6.25. The van der Waals surface area contributed by atoms with Gasteiger partial charge in [0.15, 0.2) is 0 Å². The molecule has 0 bridgehead atoms. The van der Waals surface area contributed by atoms with Gasteiger partial charge in [0, 0.05) is 12.3 Å². The number of piperidine rings is 1. The monoisotopic (exact) mass is 231 g/mol. The van der Waals surface area contributed by atoms with Crippen LogP contribution in [-0.2, 0) is 9.53 Å². The van der Waals surface area contributed by atoms with Gasteiger partial charge >= 0.3 is 0 Å². The Bertz CT molecular complexity index is 417. The van der Waals surface area contributed by atoms with Crippen LogP contribution in [0, 0.1) is 5.92 Å². The van der Waals surface area contributed by atoms with E-state index in [0.717, 1.165) is 6.42 Å². The summed E-state index contributed by atoms with van der Waals surface area (Å²) in [5.41, 5.74) is 1.18. The fraction of sp³-hybridized carbons (Fsp3) is 0.500. The Kier molecular flexibility index (Phi) is 2.63. The lowest BCUT2D eigenvalue weighted by Gasteiger charge is -2.36. The smallest absolute Gasteiger partial charge is 0.225 e. The lowest BCUT2D eigenvalue weighted by Crippen LogP contribution is -2.45. The van der Waals surface area contributed by atoms with Crippen LogP contribution in [-0.4, -0.2) is 23.6 Å². The van der Waals surface area contributed by atoms with Crippen molar-refractivity contribution in [1.82, 2.24) is 4.90 Å². The molecule has 17 heavy (non-hydrogen) atoms. The zero-order valence-corrected chi connectivity index (χ0v) is 10.0. The van der Waals surface area contributed by atoms with Gasteiger partial charge in [-0.05, 0) is 12.0 Å². The number of fused-ring (bicyclic) bond motifs is 1. The quantitative estimate of drug-likeness (QED) is 0.742. The number of hydrogen-bond acceptors (Lipinski definition) is 2. The lowest BCUT2D eigenvalue weighted by atomic mass is 9.95. The summed E-state index contributed by atoms with van der Waals surface area (Å²) in [7, 11) is 0. The first kappa shape index (κ1) is 10.8. The van der Waals surface area contributed by atoms with Crippen LogP contribution in [0.15, 0.2) is 30.3 Å². The zero-order valence-electron chi connectivity index (χ0n) is 10.0. The maximum Gasteiger partial charge on any atom is 0.225 e. The second kappa shape index (κ2) is 4.15. The van der Waals surface area contributed by atoms with E-state index in [2.05, 4.69) is 19.1 Å². The minimum atomic E-state index is -0.0125. The van der Waals surface area contributed by atoms with Crippen molar-refractivity contribution >= 4 is 5.91 Å². The van der Waals surface area contributed by atoms with Crippen molar-refractivity contribution in [2.45, 2.75) is 32.0 Å². The summed E-state index contributed by atoms with van der Waals surface area (Å²) in [4.78, 5) is 14.0. The summed E-state index contributed by atoms with van der Waals surface area (Å²) in [5, 5.41) is 0. The van der Waals surface area contributed by atoms with Gasteiger partial charge in [0.05, 0.1) is 12.6 Å². The lowest BCUT2D eigenvalue weighted by molar-refractivity contribution is -0.146. The summed E-state index contributed by atoms with van der Waals surface area (Å²) < 4.78 is 5.81. The number of benzene rings is 1. The highest BCUT2D eigenvalue weighted by Gasteiger charge is 2.43. The van der Waals surface area contributed by atoms with Crippen LogP contribution in [0.3, 0.4) is 0 Å². The van der Waals surface area contributed by atoms with Crippen molar-refractivity contribution in [3.8, 4) is 0 Å². The molecular formula is C14H17NO2. The molecule has 0 saturated carbocycles. The average molecular weight is 231 g/mol. The Morgan fingerprint density at radius 2 is 2.06 bits per heavy atom. The minimum absolute atomic E-state index is 0.0125.